The van der Waals surface area contributed by atoms with E-state index in [4.69, 9.17) is 0 Å². The Morgan fingerprint density at radius 1 is 0.786 bits per heavy atom. The predicted molar refractivity (Wildman–Crippen MR) is 103 cm³/mol. The number of nitrogens with zero attached hydrogens (tertiary/aromatic N) is 2. The minimum atomic E-state index is -0.590. The van der Waals surface area contributed by atoms with Gasteiger partial charge < -0.3 is 4.90 Å². The highest BCUT2D eigenvalue weighted by Gasteiger charge is 2.56. The number of carbonyl (C=O) groups is 2. The Kier molecular flexibility index (Phi) is 4.45. The van der Waals surface area contributed by atoms with Crippen molar-refractivity contribution in [1.82, 2.24) is 4.90 Å². The number of benzene rings is 3. The average molecular weight is 372 g/mol. The van der Waals surface area contributed by atoms with Gasteiger partial charge in [0, 0.05) is 23.3 Å². The molecule has 3 aromatic rings. The summed E-state index contributed by atoms with van der Waals surface area (Å²) in [6.07, 6.45) is 0. The van der Waals surface area contributed by atoms with E-state index >= 15 is 0 Å². The number of nitro benzene ring substituents is 1. The molecule has 6 nitrogen and oxygen atoms in total. The fourth-order valence-corrected chi connectivity index (χ4v) is 3.39. The summed E-state index contributed by atoms with van der Waals surface area (Å²) in [5.74, 6) is -0.442. The first-order chi connectivity index (χ1) is 13.6. The normalized spacial score (nSPS) is 17.8. The number of hydrogen-bond acceptors (Lipinski definition) is 4. The lowest BCUT2D eigenvalue weighted by Gasteiger charge is -2.05. The van der Waals surface area contributed by atoms with Crippen LogP contribution in [0.25, 0.3) is 0 Å². The van der Waals surface area contributed by atoms with Crippen LogP contribution in [-0.2, 0) is 0 Å². The van der Waals surface area contributed by atoms with E-state index in [9.17, 15) is 19.7 Å². The first kappa shape index (κ1) is 17.6. The molecule has 138 valence electrons. The third-order valence-corrected chi connectivity index (χ3v) is 4.84. The molecule has 0 aromatic heterocycles. The van der Waals surface area contributed by atoms with Crippen molar-refractivity contribution >= 4 is 17.4 Å². The zero-order chi connectivity index (χ0) is 19.7. The lowest BCUT2D eigenvalue weighted by Crippen LogP contribution is -2.19. The highest BCUT2D eigenvalue weighted by Crippen LogP contribution is 2.45. The second-order valence-electron chi connectivity index (χ2n) is 6.55. The van der Waals surface area contributed by atoms with Crippen LogP contribution < -0.4 is 0 Å². The van der Waals surface area contributed by atoms with Gasteiger partial charge in [0.05, 0.1) is 11.0 Å². The van der Waals surface area contributed by atoms with E-state index in [1.54, 1.807) is 24.3 Å². The van der Waals surface area contributed by atoms with Crippen LogP contribution in [0.3, 0.4) is 0 Å². The Morgan fingerprint density at radius 3 is 1.93 bits per heavy atom. The second kappa shape index (κ2) is 7.08. The van der Waals surface area contributed by atoms with Crippen LogP contribution in [0.5, 0.6) is 0 Å². The number of rotatable bonds is 5. The fraction of sp³-hybridized carbons (Fsp3) is 0.0909. The van der Waals surface area contributed by atoms with E-state index in [1.165, 1.54) is 29.2 Å². The summed E-state index contributed by atoms with van der Waals surface area (Å²) in [5.41, 5.74) is 1.66. The summed E-state index contributed by atoms with van der Waals surface area (Å²) in [5, 5.41) is 10.8. The number of carbonyl (C=O) groups excluding carboxylic acids is 2. The predicted octanol–water partition coefficient (Wildman–Crippen LogP) is 4.04. The zero-order valence-electron chi connectivity index (χ0n) is 14.8. The molecule has 4 rings (SSSR count). The second-order valence-corrected chi connectivity index (χ2v) is 6.55. The molecule has 0 radical (unpaired) electrons. The quantitative estimate of drug-likeness (QED) is 0.293. The summed E-state index contributed by atoms with van der Waals surface area (Å²) < 4.78 is 0. The van der Waals surface area contributed by atoms with Gasteiger partial charge in [-0.25, -0.2) is 0 Å². The monoisotopic (exact) mass is 372 g/mol. The molecule has 2 atom stereocenters. The van der Waals surface area contributed by atoms with Gasteiger partial charge in [-0.15, -0.1) is 0 Å². The van der Waals surface area contributed by atoms with Crippen molar-refractivity contribution in [2.24, 2.45) is 0 Å². The maximum atomic E-state index is 13.0. The van der Waals surface area contributed by atoms with Gasteiger partial charge in [-0.1, -0.05) is 60.7 Å². The number of amides is 1. The van der Waals surface area contributed by atoms with Crippen LogP contribution in [-0.4, -0.2) is 27.6 Å². The third-order valence-electron chi connectivity index (χ3n) is 4.84. The van der Waals surface area contributed by atoms with Crippen molar-refractivity contribution in [3.8, 4) is 0 Å². The Balaban J connectivity index is 1.65. The smallest absolute Gasteiger partial charge is 0.269 e. The fourth-order valence-electron chi connectivity index (χ4n) is 3.39. The summed E-state index contributed by atoms with van der Waals surface area (Å²) in [6, 6.07) is 22.8. The number of hydrogen-bond donors (Lipinski definition) is 0. The van der Waals surface area contributed by atoms with Gasteiger partial charge in [0.1, 0.15) is 6.04 Å². The molecular weight excluding hydrogens is 356 g/mol. The van der Waals surface area contributed by atoms with Gasteiger partial charge in [-0.05, 0) is 17.7 Å². The first-order valence-corrected chi connectivity index (χ1v) is 8.79. The van der Waals surface area contributed by atoms with E-state index in [0.717, 1.165) is 5.56 Å². The molecule has 0 aliphatic carbocycles. The van der Waals surface area contributed by atoms with Crippen molar-refractivity contribution in [3.63, 3.8) is 0 Å². The van der Waals surface area contributed by atoms with Crippen molar-refractivity contribution < 1.29 is 14.5 Å². The Hall–Kier alpha value is -3.80. The largest absolute Gasteiger partial charge is 0.316 e. The molecule has 6 heteroatoms. The van der Waals surface area contributed by atoms with Crippen molar-refractivity contribution in [2.45, 2.75) is 12.1 Å². The molecule has 3 aromatic carbocycles. The summed E-state index contributed by atoms with van der Waals surface area (Å²) in [4.78, 5) is 37.9. The number of ketones is 1. The molecule has 1 aliphatic rings. The minimum absolute atomic E-state index is 0.0844. The van der Waals surface area contributed by atoms with Crippen LogP contribution >= 0.6 is 0 Å². The summed E-state index contributed by atoms with van der Waals surface area (Å²) >= 11 is 0. The van der Waals surface area contributed by atoms with E-state index in [-0.39, 0.29) is 23.4 Å². The molecule has 0 bridgehead atoms. The highest BCUT2D eigenvalue weighted by atomic mass is 16.6. The van der Waals surface area contributed by atoms with E-state index in [2.05, 4.69) is 0 Å². The standard InChI is InChI=1S/C22H16N2O4/c25-21(16-9-5-2-6-10-16)20-19(15-7-3-1-4-8-15)23(20)22(26)17-11-13-18(14-12-17)24(27)28/h1-14,19-20H. The summed E-state index contributed by atoms with van der Waals surface area (Å²) in [6.45, 7) is 0. The van der Waals surface area contributed by atoms with Crippen molar-refractivity contribution in [2.75, 3.05) is 0 Å². The number of non-ortho nitro benzene ring substituents is 1. The van der Waals surface area contributed by atoms with Crippen molar-refractivity contribution in [1.29, 1.82) is 0 Å². The topological polar surface area (TPSA) is 80.3 Å². The molecular formula is C22H16N2O4. The van der Waals surface area contributed by atoms with Gasteiger partial charge in [0.2, 0.25) is 0 Å². The molecule has 1 amide bonds. The van der Waals surface area contributed by atoms with Crippen LogP contribution in [0, 0.1) is 10.1 Å². The van der Waals surface area contributed by atoms with Crippen LogP contribution in [0.2, 0.25) is 0 Å². The first-order valence-electron chi connectivity index (χ1n) is 8.79. The molecule has 0 spiro atoms. The summed E-state index contributed by atoms with van der Waals surface area (Å²) in [7, 11) is 0. The van der Waals surface area contributed by atoms with E-state index in [1.807, 2.05) is 36.4 Å². The van der Waals surface area contributed by atoms with Gasteiger partial charge in [0.15, 0.2) is 5.78 Å². The number of Topliss-reactive ketones (excluding diaryl/α,β-unsaturated/α-hetero) is 1. The van der Waals surface area contributed by atoms with Gasteiger partial charge in [0.25, 0.3) is 11.6 Å². The molecule has 1 saturated heterocycles. The molecule has 1 aliphatic heterocycles. The van der Waals surface area contributed by atoms with E-state index in [0.29, 0.717) is 11.1 Å². The van der Waals surface area contributed by atoms with Crippen molar-refractivity contribution in [3.05, 3.63) is 112 Å². The minimum Gasteiger partial charge on any atom is -0.316 e. The lowest BCUT2D eigenvalue weighted by atomic mass is 10.0. The van der Waals surface area contributed by atoms with E-state index < -0.39 is 11.0 Å². The number of nitro groups is 1. The highest BCUT2D eigenvalue weighted by molar-refractivity contribution is 6.08. The van der Waals surface area contributed by atoms with Crippen LogP contribution in [0.1, 0.15) is 32.3 Å². The van der Waals surface area contributed by atoms with Crippen LogP contribution in [0.15, 0.2) is 84.9 Å². The molecule has 0 saturated carbocycles. The third kappa shape index (κ3) is 3.16. The maximum Gasteiger partial charge on any atom is 0.269 e. The molecule has 1 fully saturated rings. The molecule has 0 N–H and O–H groups in total. The molecule has 28 heavy (non-hydrogen) atoms. The van der Waals surface area contributed by atoms with Gasteiger partial charge in [-0.3, -0.25) is 19.7 Å². The van der Waals surface area contributed by atoms with Gasteiger partial charge in [-0.2, -0.15) is 0 Å². The average Bonchev–Trinajstić information content (AvgIpc) is 3.49. The maximum absolute atomic E-state index is 13.0. The van der Waals surface area contributed by atoms with Gasteiger partial charge >= 0.3 is 0 Å². The zero-order valence-corrected chi connectivity index (χ0v) is 14.8. The lowest BCUT2D eigenvalue weighted by molar-refractivity contribution is -0.384. The van der Waals surface area contributed by atoms with Crippen LogP contribution in [0.4, 0.5) is 5.69 Å². The molecule has 1 heterocycles. The SMILES string of the molecule is O=C(c1ccccc1)C1C(c2ccccc2)N1C(=O)c1ccc([N+](=O)[O-])cc1. The Labute approximate surface area is 161 Å². The Bertz CT molecular complexity index is 1030. The molecule has 2 unspecified atom stereocenters. The Morgan fingerprint density at radius 2 is 1.36 bits per heavy atom.